The SMILES string of the molecule is O=CC12c3ccccc3C(c3ccccc31)C1C(=O)N(c3ccc(Cl)c(Cl)c3)C(=O)C12. The Bertz CT molecular complexity index is 1270. The molecule has 1 fully saturated rings. The maximum Gasteiger partial charge on any atom is 0.239 e. The first-order chi connectivity index (χ1) is 15.0. The van der Waals surface area contributed by atoms with E-state index in [4.69, 9.17) is 23.2 Å². The van der Waals surface area contributed by atoms with E-state index in [1.54, 1.807) is 12.1 Å². The Morgan fingerprint density at radius 3 is 2.00 bits per heavy atom. The summed E-state index contributed by atoms with van der Waals surface area (Å²) in [6.07, 6.45) is 0.862. The van der Waals surface area contributed by atoms with Gasteiger partial charge in [-0.3, -0.25) is 9.59 Å². The Labute approximate surface area is 188 Å². The highest BCUT2D eigenvalue weighted by molar-refractivity contribution is 6.42. The van der Waals surface area contributed by atoms with Gasteiger partial charge in [0.15, 0.2) is 0 Å². The summed E-state index contributed by atoms with van der Waals surface area (Å²) in [6, 6.07) is 20.0. The van der Waals surface area contributed by atoms with Crippen molar-refractivity contribution in [2.75, 3.05) is 4.90 Å². The zero-order valence-electron chi connectivity index (χ0n) is 16.1. The monoisotopic (exact) mass is 447 g/mol. The molecule has 6 heteroatoms. The molecule has 2 atom stereocenters. The third-order valence-corrected chi connectivity index (χ3v) is 7.77. The lowest BCUT2D eigenvalue weighted by atomic mass is 9.48. The van der Waals surface area contributed by atoms with Crippen molar-refractivity contribution in [2.24, 2.45) is 11.8 Å². The highest BCUT2D eigenvalue weighted by Crippen LogP contribution is 2.63. The fraction of sp³-hybridized carbons (Fsp3) is 0.160. The summed E-state index contributed by atoms with van der Waals surface area (Å²) in [6.45, 7) is 0. The second kappa shape index (κ2) is 6.28. The fourth-order valence-electron chi connectivity index (χ4n) is 5.91. The van der Waals surface area contributed by atoms with Gasteiger partial charge in [-0.05, 0) is 40.5 Å². The number of anilines is 1. The molecule has 0 N–H and O–H groups in total. The Hall–Kier alpha value is -2.95. The Balaban J connectivity index is 1.63. The van der Waals surface area contributed by atoms with Crippen LogP contribution in [0.25, 0.3) is 0 Å². The maximum atomic E-state index is 13.8. The van der Waals surface area contributed by atoms with E-state index in [-0.39, 0.29) is 22.8 Å². The van der Waals surface area contributed by atoms with Gasteiger partial charge in [-0.2, -0.15) is 0 Å². The predicted octanol–water partition coefficient (Wildman–Crippen LogP) is 4.74. The average Bonchev–Trinajstić information content (AvgIpc) is 3.07. The molecule has 7 rings (SSSR count). The lowest BCUT2D eigenvalue weighted by molar-refractivity contribution is -0.128. The van der Waals surface area contributed by atoms with Gasteiger partial charge in [-0.25, -0.2) is 4.90 Å². The first kappa shape index (κ1) is 18.8. The number of rotatable bonds is 2. The molecule has 0 aromatic heterocycles. The third kappa shape index (κ3) is 2.14. The van der Waals surface area contributed by atoms with Crippen molar-refractivity contribution in [3.05, 3.63) is 99.0 Å². The number of halogens is 2. The molecule has 0 radical (unpaired) electrons. The lowest BCUT2D eigenvalue weighted by Gasteiger charge is -2.51. The first-order valence-electron chi connectivity index (χ1n) is 9.98. The van der Waals surface area contributed by atoms with Crippen LogP contribution in [-0.4, -0.2) is 18.1 Å². The molecule has 0 saturated carbocycles. The number of hydrogen-bond acceptors (Lipinski definition) is 3. The number of aldehydes is 1. The van der Waals surface area contributed by atoms with Crippen molar-refractivity contribution in [2.45, 2.75) is 11.3 Å². The van der Waals surface area contributed by atoms with E-state index in [1.807, 2.05) is 48.5 Å². The highest BCUT2D eigenvalue weighted by atomic mass is 35.5. The van der Waals surface area contributed by atoms with Crippen LogP contribution in [-0.2, 0) is 19.8 Å². The smallest absolute Gasteiger partial charge is 0.239 e. The topological polar surface area (TPSA) is 54.5 Å². The molecule has 2 unspecified atom stereocenters. The lowest BCUT2D eigenvalue weighted by Crippen LogP contribution is -2.54. The van der Waals surface area contributed by atoms with Crippen LogP contribution in [0.15, 0.2) is 66.7 Å². The molecule has 3 aliphatic carbocycles. The molecule has 0 spiro atoms. The summed E-state index contributed by atoms with van der Waals surface area (Å²) in [5.41, 5.74) is 2.66. The zero-order chi connectivity index (χ0) is 21.5. The van der Waals surface area contributed by atoms with Crippen LogP contribution in [0, 0.1) is 11.8 Å². The van der Waals surface area contributed by atoms with Gasteiger partial charge in [0.2, 0.25) is 11.8 Å². The summed E-state index contributed by atoms with van der Waals surface area (Å²) in [5, 5.41) is 0.598. The van der Waals surface area contributed by atoms with Crippen LogP contribution in [0.5, 0.6) is 0 Å². The minimum absolute atomic E-state index is 0.259. The van der Waals surface area contributed by atoms with Crippen molar-refractivity contribution in [3.63, 3.8) is 0 Å². The quantitative estimate of drug-likeness (QED) is 0.420. The zero-order valence-corrected chi connectivity index (χ0v) is 17.6. The summed E-state index contributed by atoms with van der Waals surface area (Å²) < 4.78 is 0. The van der Waals surface area contributed by atoms with Gasteiger partial charge in [0.05, 0.1) is 33.0 Å². The first-order valence-corrected chi connectivity index (χ1v) is 10.7. The Kier molecular flexibility index (Phi) is 3.81. The third-order valence-electron chi connectivity index (χ3n) is 7.03. The molecule has 3 aromatic carbocycles. The predicted molar refractivity (Wildman–Crippen MR) is 118 cm³/mol. The van der Waals surface area contributed by atoms with E-state index in [1.165, 1.54) is 11.0 Å². The number of benzene rings is 3. The molecule has 31 heavy (non-hydrogen) atoms. The molecule has 2 bridgehead atoms. The molecule has 4 aliphatic rings. The van der Waals surface area contributed by atoms with Crippen molar-refractivity contribution in [1.29, 1.82) is 0 Å². The standard InChI is InChI=1S/C25H15Cl2NO3/c26-18-10-9-13(11-19(18)27)28-23(30)21-20-14-5-1-3-7-16(14)25(12-29,22(21)24(28)31)17-8-4-2-6-15(17)20/h1-12,20-22H. The Morgan fingerprint density at radius 1 is 0.806 bits per heavy atom. The van der Waals surface area contributed by atoms with Crippen molar-refractivity contribution < 1.29 is 14.4 Å². The van der Waals surface area contributed by atoms with Crippen LogP contribution in [0.2, 0.25) is 10.0 Å². The number of nitrogens with zero attached hydrogens (tertiary/aromatic N) is 1. The number of carbonyl (C=O) groups excluding carboxylic acids is 3. The fourth-order valence-corrected chi connectivity index (χ4v) is 6.20. The number of hydrogen-bond donors (Lipinski definition) is 0. The van der Waals surface area contributed by atoms with Gasteiger partial charge < -0.3 is 4.79 Å². The summed E-state index contributed by atoms with van der Waals surface area (Å²) >= 11 is 12.2. The van der Waals surface area contributed by atoms with Gasteiger partial charge in [-0.1, -0.05) is 71.7 Å². The highest BCUT2D eigenvalue weighted by Gasteiger charge is 2.68. The number of amides is 2. The largest absolute Gasteiger partial charge is 0.302 e. The van der Waals surface area contributed by atoms with E-state index in [0.717, 1.165) is 28.5 Å². The Morgan fingerprint density at radius 2 is 1.42 bits per heavy atom. The number of carbonyl (C=O) groups is 3. The number of imide groups is 1. The molecule has 1 aliphatic heterocycles. The molecule has 152 valence electrons. The van der Waals surface area contributed by atoms with E-state index in [2.05, 4.69) is 0 Å². The van der Waals surface area contributed by atoms with E-state index in [0.29, 0.717) is 10.7 Å². The van der Waals surface area contributed by atoms with Gasteiger partial charge in [-0.15, -0.1) is 0 Å². The second-order valence-corrected chi connectivity index (χ2v) is 9.07. The van der Waals surface area contributed by atoms with Gasteiger partial charge in [0, 0.05) is 5.92 Å². The second-order valence-electron chi connectivity index (χ2n) is 8.25. The minimum atomic E-state index is -1.20. The van der Waals surface area contributed by atoms with Crippen LogP contribution in [0.1, 0.15) is 28.2 Å². The summed E-state index contributed by atoms with van der Waals surface area (Å²) in [5.74, 6) is -2.44. The van der Waals surface area contributed by atoms with Gasteiger partial charge >= 0.3 is 0 Å². The molecule has 1 heterocycles. The van der Waals surface area contributed by atoms with Crippen LogP contribution < -0.4 is 4.90 Å². The molecular formula is C25H15Cl2NO3. The van der Waals surface area contributed by atoms with Crippen LogP contribution in [0.4, 0.5) is 5.69 Å². The van der Waals surface area contributed by atoms with Crippen molar-refractivity contribution >= 4 is 47.0 Å². The van der Waals surface area contributed by atoms with E-state index >= 15 is 0 Å². The maximum absolute atomic E-state index is 13.8. The molecule has 4 nitrogen and oxygen atoms in total. The molecule has 1 saturated heterocycles. The average molecular weight is 448 g/mol. The van der Waals surface area contributed by atoms with Gasteiger partial charge in [0.1, 0.15) is 6.29 Å². The van der Waals surface area contributed by atoms with E-state index in [9.17, 15) is 14.4 Å². The van der Waals surface area contributed by atoms with Crippen LogP contribution >= 0.6 is 23.2 Å². The minimum Gasteiger partial charge on any atom is -0.302 e. The van der Waals surface area contributed by atoms with Crippen LogP contribution in [0.3, 0.4) is 0 Å². The summed E-state index contributed by atoms with van der Waals surface area (Å²) in [7, 11) is 0. The molecular weight excluding hydrogens is 433 g/mol. The summed E-state index contributed by atoms with van der Waals surface area (Å²) in [4.78, 5) is 41.6. The normalized spacial score (nSPS) is 27.7. The molecule has 3 aromatic rings. The van der Waals surface area contributed by atoms with E-state index < -0.39 is 17.3 Å². The van der Waals surface area contributed by atoms with Crippen molar-refractivity contribution in [1.82, 2.24) is 0 Å². The molecule has 2 amide bonds. The van der Waals surface area contributed by atoms with Crippen molar-refractivity contribution in [3.8, 4) is 0 Å². The van der Waals surface area contributed by atoms with Gasteiger partial charge in [0.25, 0.3) is 0 Å².